The maximum atomic E-state index is 12.4. The molecule has 0 aromatic heterocycles. The fourth-order valence-electron chi connectivity index (χ4n) is 7.54. The minimum absolute atomic E-state index is 0.0545. The van der Waals surface area contributed by atoms with E-state index >= 15 is 0 Å². The molecule has 0 amide bonds. The van der Waals surface area contributed by atoms with Crippen molar-refractivity contribution >= 4 is 17.9 Å². The van der Waals surface area contributed by atoms with Crippen molar-refractivity contribution in [1.29, 1.82) is 0 Å². The van der Waals surface area contributed by atoms with E-state index < -0.39 is 41.6 Å². The zero-order valence-corrected chi connectivity index (χ0v) is 19.1. The Hall–Kier alpha value is -1.89. The minimum Gasteiger partial charge on any atom is -0.462 e. The summed E-state index contributed by atoms with van der Waals surface area (Å²) in [5, 5.41) is 11.3. The third kappa shape index (κ3) is 3.31. The molecular formula is C24H34O7. The van der Waals surface area contributed by atoms with Crippen molar-refractivity contribution in [3.05, 3.63) is 12.2 Å². The van der Waals surface area contributed by atoms with Gasteiger partial charge < -0.3 is 19.3 Å². The summed E-state index contributed by atoms with van der Waals surface area (Å²) in [5.41, 5.74) is -0.201. The average molecular weight is 435 g/mol. The van der Waals surface area contributed by atoms with Crippen LogP contribution < -0.4 is 0 Å². The Bertz CT molecular complexity index is 817. The normalized spacial score (nSPS) is 45.6. The molecule has 172 valence electrons. The predicted octanol–water partition coefficient (Wildman–Crippen LogP) is 2.79. The third-order valence-electron chi connectivity index (χ3n) is 8.78. The van der Waals surface area contributed by atoms with Crippen LogP contribution >= 0.6 is 0 Å². The zero-order valence-electron chi connectivity index (χ0n) is 19.1. The van der Waals surface area contributed by atoms with Crippen molar-refractivity contribution in [3.8, 4) is 0 Å². The lowest BCUT2D eigenvalue weighted by Gasteiger charge is -2.65. The van der Waals surface area contributed by atoms with Gasteiger partial charge in [0, 0.05) is 30.8 Å². The van der Waals surface area contributed by atoms with E-state index in [1.54, 1.807) is 0 Å². The Morgan fingerprint density at radius 1 is 1.13 bits per heavy atom. The predicted molar refractivity (Wildman–Crippen MR) is 110 cm³/mol. The Labute approximate surface area is 183 Å². The van der Waals surface area contributed by atoms with Gasteiger partial charge in [-0.3, -0.25) is 9.59 Å². The topological polar surface area (TPSA) is 99.1 Å². The Morgan fingerprint density at radius 2 is 1.77 bits per heavy atom. The van der Waals surface area contributed by atoms with Crippen LogP contribution in [0.2, 0.25) is 0 Å². The molecule has 1 aliphatic heterocycles. The van der Waals surface area contributed by atoms with Gasteiger partial charge in [0.15, 0.2) is 0 Å². The van der Waals surface area contributed by atoms with Crippen molar-refractivity contribution in [2.45, 2.75) is 84.7 Å². The second-order valence-corrected chi connectivity index (χ2v) is 10.8. The van der Waals surface area contributed by atoms with Crippen LogP contribution in [0.15, 0.2) is 12.2 Å². The number of esters is 3. The van der Waals surface area contributed by atoms with Gasteiger partial charge in [-0.15, -0.1) is 0 Å². The highest BCUT2D eigenvalue weighted by Crippen LogP contribution is 2.66. The summed E-state index contributed by atoms with van der Waals surface area (Å²) in [7, 11) is 0. The summed E-state index contributed by atoms with van der Waals surface area (Å²) in [6.07, 6.45) is 0.513. The van der Waals surface area contributed by atoms with Gasteiger partial charge in [-0.05, 0) is 42.9 Å². The molecule has 1 heterocycles. The first kappa shape index (κ1) is 22.3. The molecule has 3 saturated carbocycles. The molecular weight excluding hydrogens is 400 g/mol. The van der Waals surface area contributed by atoms with Gasteiger partial charge in [-0.2, -0.15) is 0 Å². The zero-order chi connectivity index (χ0) is 22.9. The van der Waals surface area contributed by atoms with Crippen molar-refractivity contribution in [3.63, 3.8) is 0 Å². The number of aliphatic hydroxyl groups excluding tert-OH is 1. The molecule has 4 aliphatic rings. The van der Waals surface area contributed by atoms with E-state index in [1.807, 2.05) is 0 Å². The van der Waals surface area contributed by atoms with Crippen LogP contribution in [0.3, 0.4) is 0 Å². The molecule has 1 N–H and O–H groups in total. The number of hydrogen-bond acceptors (Lipinski definition) is 7. The maximum Gasteiger partial charge on any atom is 0.334 e. The number of fused-ring (bicyclic) bond motifs is 5. The molecule has 31 heavy (non-hydrogen) atoms. The van der Waals surface area contributed by atoms with E-state index in [9.17, 15) is 19.5 Å². The van der Waals surface area contributed by atoms with Gasteiger partial charge >= 0.3 is 17.9 Å². The Balaban J connectivity index is 1.81. The summed E-state index contributed by atoms with van der Waals surface area (Å²) in [4.78, 5) is 36.3. The van der Waals surface area contributed by atoms with Crippen molar-refractivity contribution in [2.75, 3.05) is 0 Å². The maximum absolute atomic E-state index is 12.4. The molecule has 4 fully saturated rings. The molecule has 3 aliphatic carbocycles. The lowest BCUT2D eigenvalue weighted by Crippen LogP contribution is -2.66. The van der Waals surface area contributed by atoms with Gasteiger partial charge in [-0.1, -0.05) is 27.4 Å². The molecule has 1 saturated heterocycles. The Morgan fingerprint density at radius 3 is 2.39 bits per heavy atom. The van der Waals surface area contributed by atoms with E-state index in [-0.39, 0.29) is 35.2 Å². The second kappa shape index (κ2) is 7.32. The molecule has 0 spiro atoms. The standard InChI is InChI=1S/C24H34O7/c1-11-19-16(29-12(2)25)9-14-20(21(19)31-22(11)28)15(27)10-17-23(4,5)8-7-18(24(14,17)6)30-13(3)26/h14-21,27H,1,7-10H2,2-6H3/t14-,15-,16+,17-,18+,19-,20-,21-,24+/m1/s1. The van der Waals surface area contributed by atoms with E-state index in [2.05, 4.69) is 27.4 Å². The molecule has 0 aromatic rings. The molecule has 0 bridgehead atoms. The summed E-state index contributed by atoms with van der Waals surface area (Å²) in [5.74, 6) is -2.07. The minimum atomic E-state index is -0.664. The number of ether oxygens (including phenoxy) is 3. The first-order valence-electron chi connectivity index (χ1n) is 11.3. The number of hydrogen-bond donors (Lipinski definition) is 1. The van der Waals surface area contributed by atoms with E-state index in [0.29, 0.717) is 18.4 Å². The van der Waals surface area contributed by atoms with Gasteiger partial charge in [0.25, 0.3) is 0 Å². The third-order valence-corrected chi connectivity index (χ3v) is 8.78. The van der Waals surface area contributed by atoms with Crippen LogP contribution in [-0.2, 0) is 28.6 Å². The van der Waals surface area contributed by atoms with Crippen LogP contribution in [0.4, 0.5) is 0 Å². The fraction of sp³-hybridized carbons (Fsp3) is 0.792. The molecule has 9 atom stereocenters. The lowest BCUT2D eigenvalue weighted by atomic mass is 9.42. The van der Waals surface area contributed by atoms with E-state index in [1.165, 1.54) is 13.8 Å². The summed E-state index contributed by atoms with van der Waals surface area (Å²) < 4.78 is 17.3. The highest BCUT2D eigenvalue weighted by atomic mass is 16.6. The number of carbonyl (C=O) groups excluding carboxylic acids is 3. The quantitative estimate of drug-likeness (QED) is 0.405. The molecule has 4 rings (SSSR count). The summed E-state index contributed by atoms with van der Waals surface area (Å²) in [6.45, 7) is 13.2. The lowest BCUT2D eigenvalue weighted by molar-refractivity contribution is -0.243. The van der Waals surface area contributed by atoms with Gasteiger partial charge in [0.1, 0.15) is 18.3 Å². The van der Waals surface area contributed by atoms with E-state index in [0.717, 1.165) is 12.8 Å². The molecule has 0 radical (unpaired) electrons. The average Bonchev–Trinajstić information content (AvgIpc) is 2.94. The Kier molecular flexibility index (Phi) is 5.27. The van der Waals surface area contributed by atoms with Gasteiger partial charge in [0.05, 0.1) is 12.0 Å². The fourth-order valence-corrected chi connectivity index (χ4v) is 7.54. The van der Waals surface area contributed by atoms with Crippen LogP contribution in [-0.4, -0.2) is 47.4 Å². The van der Waals surface area contributed by atoms with Crippen LogP contribution in [0.5, 0.6) is 0 Å². The van der Waals surface area contributed by atoms with Gasteiger partial charge in [-0.25, -0.2) is 4.79 Å². The first-order valence-corrected chi connectivity index (χ1v) is 11.3. The summed E-state index contributed by atoms with van der Waals surface area (Å²) >= 11 is 0. The highest BCUT2D eigenvalue weighted by molar-refractivity contribution is 5.91. The largest absolute Gasteiger partial charge is 0.462 e. The highest BCUT2D eigenvalue weighted by Gasteiger charge is 2.68. The van der Waals surface area contributed by atoms with Crippen molar-refractivity contribution in [2.24, 2.45) is 34.5 Å². The second-order valence-electron chi connectivity index (χ2n) is 10.8. The molecule has 0 unspecified atom stereocenters. The molecule has 0 aromatic carbocycles. The van der Waals surface area contributed by atoms with Gasteiger partial charge in [0.2, 0.25) is 0 Å². The van der Waals surface area contributed by atoms with Crippen LogP contribution in [0, 0.1) is 34.5 Å². The summed E-state index contributed by atoms with van der Waals surface area (Å²) in [6, 6.07) is 0. The molecule has 7 nitrogen and oxygen atoms in total. The van der Waals surface area contributed by atoms with Crippen LogP contribution in [0.1, 0.15) is 60.3 Å². The molecule has 7 heteroatoms. The smallest absolute Gasteiger partial charge is 0.334 e. The van der Waals surface area contributed by atoms with Crippen LogP contribution in [0.25, 0.3) is 0 Å². The monoisotopic (exact) mass is 434 g/mol. The first-order chi connectivity index (χ1) is 14.4. The number of carbonyl (C=O) groups is 3. The number of aliphatic hydroxyl groups is 1. The SMILES string of the molecule is C=C1C(=O)O[C@@H]2[C@H]1[C@@H](OC(C)=O)C[C@@H]1[C@@H]2[C@H](O)C[C@@H]2C(C)(C)CC[C@H](OC(C)=O)[C@@]12C. The van der Waals surface area contributed by atoms with Crippen molar-refractivity contribution < 1.29 is 33.7 Å². The van der Waals surface area contributed by atoms with E-state index in [4.69, 9.17) is 14.2 Å². The number of rotatable bonds is 2. The van der Waals surface area contributed by atoms with Crippen molar-refractivity contribution in [1.82, 2.24) is 0 Å².